The quantitative estimate of drug-likeness (QED) is 0.211. The van der Waals surface area contributed by atoms with Crippen molar-refractivity contribution in [1.82, 2.24) is 19.7 Å². The lowest BCUT2D eigenvalue weighted by Crippen LogP contribution is -2.52. The van der Waals surface area contributed by atoms with Crippen molar-refractivity contribution in [2.24, 2.45) is 5.92 Å². The van der Waals surface area contributed by atoms with E-state index in [1.54, 1.807) is 41.3 Å². The average Bonchev–Trinajstić information content (AvgIpc) is 3.68. The van der Waals surface area contributed by atoms with Gasteiger partial charge in [-0.2, -0.15) is 5.10 Å². The molecule has 2 fully saturated rings. The number of carbonyl (C=O) groups is 4. The van der Waals surface area contributed by atoms with Crippen molar-refractivity contribution in [2.45, 2.75) is 44.8 Å². The molecule has 0 radical (unpaired) electrons. The summed E-state index contributed by atoms with van der Waals surface area (Å²) in [4.78, 5) is 58.1. The van der Waals surface area contributed by atoms with Gasteiger partial charge < -0.3 is 15.5 Å². The van der Waals surface area contributed by atoms with Crippen molar-refractivity contribution in [2.75, 3.05) is 10.6 Å². The number of carbonyl (C=O) groups excluding carboxylic acids is 4. The van der Waals surface area contributed by atoms with Gasteiger partial charge in [0.05, 0.1) is 16.1 Å². The SMILES string of the molecule is CC(=O)c1nn(CC(=O)N2[C@@H]3CC[C@@H](C3)[C@H]2C(=O)Nc2cccc(Cl)n2)c2ccc(NC(=O)c3cccc(F)c3Cl)cc12. The van der Waals surface area contributed by atoms with Gasteiger partial charge in [0.1, 0.15) is 35.1 Å². The van der Waals surface area contributed by atoms with Crippen molar-refractivity contribution in [3.63, 3.8) is 0 Å². The van der Waals surface area contributed by atoms with E-state index in [4.69, 9.17) is 23.2 Å². The summed E-state index contributed by atoms with van der Waals surface area (Å²) in [5, 5.41) is 10.2. The van der Waals surface area contributed by atoms with Crippen LogP contribution in [0.15, 0.2) is 54.6 Å². The van der Waals surface area contributed by atoms with E-state index in [0.717, 1.165) is 25.3 Å². The van der Waals surface area contributed by atoms with E-state index in [9.17, 15) is 23.6 Å². The predicted molar refractivity (Wildman–Crippen MR) is 159 cm³/mol. The molecule has 2 N–H and O–H groups in total. The number of pyridine rings is 1. The van der Waals surface area contributed by atoms with E-state index in [1.165, 1.54) is 23.7 Å². The number of fused-ring (bicyclic) bond motifs is 3. The topological polar surface area (TPSA) is 126 Å². The number of ketones is 1. The molecule has 3 atom stereocenters. The smallest absolute Gasteiger partial charge is 0.257 e. The van der Waals surface area contributed by atoms with E-state index in [1.807, 2.05) is 0 Å². The number of piperidine rings is 1. The normalized spacial score (nSPS) is 19.1. The third kappa shape index (κ3) is 5.46. The molecule has 2 aliphatic rings. The summed E-state index contributed by atoms with van der Waals surface area (Å²) < 4.78 is 15.3. The number of nitrogens with zero attached hydrogens (tertiary/aromatic N) is 4. The third-order valence-corrected chi connectivity index (χ3v) is 8.53. The number of benzene rings is 2. The van der Waals surface area contributed by atoms with Gasteiger partial charge >= 0.3 is 0 Å². The summed E-state index contributed by atoms with van der Waals surface area (Å²) >= 11 is 11.9. The average molecular weight is 623 g/mol. The Hall–Kier alpha value is -4.35. The number of hydrogen-bond donors (Lipinski definition) is 2. The van der Waals surface area contributed by atoms with Crippen LogP contribution in [-0.4, -0.2) is 55.3 Å². The standard InChI is InChI=1S/C30H25Cl2FN6O4/c1-15(40)27-20-13-17(34-29(42)19-4-2-5-21(33)26(19)32)9-11-22(20)38(37-27)14-25(41)39-18-10-8-16(12-18)28(39)30(43)36-24-7-3-6-23(31)35-24/h2-7,9,11,13,16,18,28H,8,10,12,14H2,1H3,(H,34,42)(H,35,36,43)/t16-,18+,28-/m0/s1. The Morgan fingerprint density at radius 3 is 2.58 bits per heavy atom. The molecule has 2 bridgehead atoms. The molecule has 0 spiro atoms. The maximum atomic E-state index is 13.9. The first-order valence-corrected chi connectivity index (χ1v) is 14.4. The molecule has 43 heavy (non-hydrogen) atoms. The second kappa shape index (κ2) is 11.4. The lowest BCUT2D eigenvalue weighted by Gasteiger charge is -2.34. The van der Waals surface area contributed by atoms with Crippen molar-refractivity contribution in [3.8, 4) is 0 Å². The largest absolute Gasteiger partial charge is 0.326 e. The first-order chi connectivity index (χ1) is 20.6. The fourth-order valence-corrected chi connectivity index (χ4v) is 6.46. The number of anilines is 2. The molecule has 13 heteroatoms. The number of amides is 3. The Labute approximate surface area is 255 Å². The Balaban J connectivity index is 1.25. The highest BCUT2D eigenvalue weighted by atomic mass is 35.5. The van der Waals surface area contributed by atoms with Crippen LogP contribution in [0.4, 0.5) is 15.9 Å². The fourth-order valence-electron chi connectivity index (χ4n) is 6.09. The Bertz CT molecular complexity index is 1810. The third-order valence-electron chi connectivity index (χ3n) is 7.93. The maximum absolute atomic E-state index is 13.9. The molecule has 3 heterocycles. The van der Waals surface area contributed by atoms with Crippen LogP contribution in [0.25, 0.3) is 10.9 Å². The lowest BCUT2D eigenvalue weighted by atomic mass is 9.97. The van der Waals surface area contributed by atoms with Crippen molar-refractivity contribution in [1.29, 1.82) is 0 Å². The fraction of sp³-hybridized carbons (Fsp3) is 0.267. The van der Waals surface area contributed by atoms with Gasteiger partial charge in [-0.1, -0.05) is 35.3 Å². The molecule has 4 aromatic rings. The minimum atomic E-state index is -0.721. The van der Waals surface area contributed by atoms with E-state index in [2.05, 4.69) is 20.7 Å². The first kappa shape index (κ1) is 28.8. The molecule has 1 saturated carbocycles. The minimum Gasteiger partial charge on any atom is -0.326 e. The van der Waals surface area contributed by atoms with E-state index >= 15 is 0 Å². The molecule has 6 rings (SSSR count). The Morgan fingerprint density at radius 2 is 1.81 bits per heavy atom. The van der Waals surface area contributed by atoms with Crippen LogP contribution in [0.5, 0.6) is 0 Å². The molecule has 220 valence electrons. The van der Waals surface area contributed by atoms with Crippen molar-refractivity contribution >= 4 is 69.1 Å². The predicted octanol–water partition coefficient (Wildman–Crippen LogP) is 5.35. The van der Waals surface area contributed by atoms with Gasteiger partial charge in [-0.05, 0) is 67.6 Å². The monoisotopic (exact) mass is 622 g/mol. The molecule has 1 saturated heterocycles. The van der Waals surface area contributed by atoms with Crippen molar-refractivity contribution < 1.29 is 23.6 Å². The maximum Gasteiger partial charge on any atom is 0.257 e. The van der Waals surface area contributed by atoms with Crippen LogP contribution in [0.2, 0.25) is 10.2 Å². The number of Topliss-reactive ketones (excluding diaryl/α,β-unsaturated/α-hetero) is 1. The zero-order valence-corrected chi connectivity index (χ0v) is 24.3. The highest BCUT2D eigenvalue weighted by Gasteiger charge is 2.51. The number of rotatable bonds is 7. The molecule has 1 aliphatic heterocycles. The number of hydrogen-bond acceptors (Lipinski definition) is 6. The summed E-state index contributed by atoms with van der Waals surface area (Å²) in [6, 6.07) is 12.9. The lowest BCUT2D eigenvalue weighted by molar-refractivity contribution is -0.141. The van der Waals surface area contributed by atoms with Gasteiger partial charge in [0, 0.05) is 24.0 Å². The first-order valence-electron chi connectivity index (χ1n) is 13.6. The second-order valence-electron chi connectivity index (χ2n) is 10.7. The zero-order valence-electron chi connectivity index (χ0n) is 22.8. The number of aromatic nitrogens is 3. The van der Waals surface area contributed by atoms with Crippen LogP contribution >= 0.6 is 23.2 Å². The molecule has 10 nitrogen and oxygen atoms in total. The van der Waals surface area contributed by atoms with Gasteiger partial charge in [-0.3, -0.25) is 23.9 Å². The van der Waals surface area contributed by atoms with Gasteiger partial charge in [-0.15, -0.1) is 0 Å². The van der Waals surface area contributed by atoms with Crippen LogP contribution < -0.4 is 10.6 Å². The highest BCUT2D eigenvalue weighted by Crippen LogP contribution is 2.43. The van der Waals surface area contributed by atoms with Crippen LogP contribution in [0.3, 0.4) is 0 Å². The van der Waals surface area contributed by atoms with Crippen molar-refractivity contribution in [3.05, 3.63) is 81.8 Å². The van der Waals surface area contributed by atoms with Gasteiger partial charge in [-0.25, -0.2) is 9.37 Å². The van der Waals surface area contributed by atoms with Gasteiger partial charge in [0.2, 0.25) is 11.8 Å². The van der Waals surface area contributed by atoms with Crippen LogP contribution in [-0.2, 0) is 16.1 Å². The summed E-state index contributed by atoms with van der Waals surface area (Å²) in [7, 11) is 0. The molecule has 3 amide bonds. The molecule has 1 aliphatic carbocycles. The van der Waals surface area contributed by atoms with E-state index in [0.29, 0.717) is 22.4 Å². The molecular weight excluding hydrogens is 598 g/mol. The van der Waals surface area contributed by atoms with Crippen LogP contribution in [0, 0.1) is 11.7 Å². The number of likely N-dealkylation sites (tertiary alicyclic amines) is 1. The van der Waals surface area contributed by atoms with Gasteiger partial charge in [0.15, 0.2) is 5.78 Å². The second-order valence-corrected chi connectivity index (χ2v) is 11.4. The molecule has 2 aromatic carbocycles. The highest BCUT2D eigenvalue weighted by molar-refractivity contribution is 6.34. The van der Waals surface area contributed by atoms with E-state index < -0.39 is 17.8 Å². The Kier molecular flexibility index (Phi) is 7.61. The minimum absolute atomic E-state index is 0.0213. The van der Waals surface area contributed by atoms with E-state index in [-0.39, 0.29) is 57.5 Å². The summed E-state index contributed by atoms with van der Waals surface area (Å²) in [5.74, 6) is -1.99. The van der Waals surface area contributed by atoms with Crippen LogP contribution in [0.1, 0.15) is 47.0 Å². The van der Waals surface area contributed by atoms with Gasteiger partial charge in [0.25, 0.3) is 5.91 Å². The molecular formula is C30H25Cl2FN6O4. The zero-order chi connectivity index (χ0) is 30.4. The number of nitrogens with one attached hydrogen (secondary N) is 2. The summed E-state index contributed by atoms with van der Waals surface area (Å²) in [6.07, 6.45) is 2.36. The molecule has 2 aromatic heterocycles. The Morgan fingerprint density at radius 1 is 1.02 bits per heavy atom. The summed E-state index contributed by atoms with van der Waals surface area (Å²) in [5.41, 5.74) is 0.898. The molecule has 0 unspecified atom stereocenters. The number of halogens is 3. The summed E-state index contributed by atoms with van der Waals surface area (Å²) in [6.45, 7) is 1.16.